The van der Waals surface area contributed by atoms with Crippen molar-refractivity contribution in [1.82, 2.24) is 0 Å². The molecule has 27 heteroatoms. The normalized spacial score (nSPS) is 11.4. The molecule has 0 atom stereocenters. The fourth-order valence-corrected chi connectivity index (χ4v) is 7.81. The molecule has 0 aromatic heterocycles. The summed E-state index contributed by atoms with van der Waals surface area (Å²) in [6, 6.07) is 22.6. The minimum atomic E-state index is -5.00. The van der Waals surface area contributed by atoms with E-state index < -0.39 is 73.4 Å². The quantitative estimate of drug-likeness (QED) is 0.125. The molecule has 3 aromatic carbocycles. The summed E-state index contributed by atoms with van der Waals surface area (Å²) in [5, 5.41) is 0. The van der Waals surface area contributed by atoms with Gasteiger partial charge in [0.05, 0.1) is 0 Å². The molecule has 3 aromatic rings. The van der Waals surface area contributed by atoms with E-state index in [0.717, 1.165) is 0 Å². The number of rotatable bonds is 9. The summed E-state index contributed by atoms with van der Waals surface area (Å²) in [6.07, 6.45) is 1.97. The fraction of sp³-hybridized carbons (Fsp3) is 0. The van der Waals surface area contributed by atoms with Gasteiger partial charge < -0.3 is 0 Å². The van der Waals surface area contributed by atoms with E-state index in [2.05, 4.69) is 0 Å². The molecule has 0 unspecified atom stereocenters. The van der Waals surface area contributed by atoms with Crippen molar-refractivity contribution in [2.75, 3.05) is 0 Å². The van der Waals surface area contributed by atoms with E-state index >= 15 is 0 Å². The van der Waals surface area contributed by atoms with Crippen molar-refractivity contribution in [3.8, 4) is 0 Å². The van der Waals surface area contributed by atoms with Crippen LogP contribution in [0.5, 0.6) is 0 Å². The van der Waals surface area contributed by atoms with Gasteiger partial charge in [0.15, 0.2) is 0 Å². The first kappa shape index (κ1) is 55.5. The van der Waals surface area contributed by atoms with Crippen LogP contribution < -0.4 is 0 Å². The van der Waals surface area contributed by atoms with Gasteiger partial charge in [-0.2, -0.15) is 50.5 Å². The third-order valence-corrected chi connectivity index (χ3v) is 12.3. The van der Waals surface area contributed by atoms with Crippen LogP contribution in [0, 0.1) is 0 Å². The zero-order valence-corrected chi connectivity index (χ0v) is 28.3. The molecule has 270 valence electrons. The Kier molecular flexibility index (Phi) is 25.4. The van der Waals surface area contributed by atoms with Gasteiger partial charge in [-0.1, -0.05) is 91.0 Å². The second-order valence-corrected chi connectivity index (χ2v) is 17.6. The molecule has 0 saturated heterocycles. The molecular weight excluding hydrogens is 854 g/mol. The zero-order valence-electron chi connectivity index (χ0n) is 23.4. The molecule has 0 aliphatic rings. The number of benzene rings is 3. The molecule has 0 bridgehead atoms. The summed E-state index contributed by atoms with van der Waals surface area (Å²) < 4.78 is 176. The topological polar surface area (TPSA) is 326 Å². The second-order valence-electron chi connectivity index (χ2n) is 8.47. The zero-order chi connectivity index (χ0) is 37.2. The molecule has 0 spiro atoms. The van der Waals surface area contributed by atoms with Crippen LogP contribution in [0.4, 0.5) is 0 Å². The summed E-state index contributed by atoms with van der Waals surface area (Å²) in [5.74, 6) is 0. The van der Waals surface area contributed by atoms with Crippen molar-refractivity contribution in [2.45, 2.75) is 0 Å². The Morgan fingerprint density at radius 2 is 0.471 bits per heavy atom. The van der Waals surface area contributed by atoms with E-state index in [1.165, 1.54) is 72.8 Å². The second kappa shape index (κ2) is 23.3. The van der Waals surface area contributed by atoms with E-state index in [0.29, 0.717) is 18.2 Å². The Labute approximate surface area is 392 Å². The van der Waals surface area contributed by atoms with Gasteiger partial charge in [-0.3, -0.25) is 27.3 Å². The van der Waals surface area contributed by atoms with Crippen LogP contribution in [0.1, 0.15) is 16.7 Å². The van der Waals surface area contributed by atoms with E-state index in [1.807, 2.05) is 0 Å². The van der Waals surface area contributed by atoms with Gasteiger partial charge in [0.2, 0.25) is 12.7 Å². The SMILES string of the molecule is O=S(=O)(O)C(=Cc1ccccc1)S(=O)(=O)O.O=S(=O)(O)C(=Cc1ccccc1)S(=O)(=O)O.O=S(=O)(O)C(=Cc1ccccc1)S(=O)(=O)O.[KH].[KH].[LiH]. The Balaban J connectivity index is -0.000000658. The van der Waals surface area contributed by atoms with Gasteiger partial charge in [0, 0.05) is 0 Å². The minimum absolute atomic E-state index is 0. The van der Waals surface area contributed by atoms with Crippen LogP contribution in [-0.4, -0.2) is 199 Å². The Morgan fingerprint density at radius 1 is 0.333 bits per heavy atom. The Hall–Kier alpha value is 0.210. The Morgan fingerprint density at radius 3 is 0.588 bits per heavy atom. The van der Waals surface area contributed by atoms with Crippen molar-refractivity contribution >= 4 is 201 Å². The molecule has 0 aliphatic carbocycles. The maximum absolute atomic E-state index is 10.7. The van der Waals surface area contributed by atoms with E-state index in [4.69, 9.17) is 27.3 Å². The third kappa shape index (κ3) is 22.4. The molecule has 0 radical (unpaired) electrons. The van der Waals surface area contributed by atoms with Crippen LogP contribution >= 0.6 is 0 Å². The van der Waals surface area contributed by atoms with Gasteiger partial charge >= 0.3 is 182 Å². The average Bonchev–Trinajstić information content (AvgIpc) is 2.92. The number of hydrogen-bond acceptors (Lipinski definition) is 12. The molecule has 51 heavy (non-hydrogen) atoms. The van der Waals surface area contributed by atoms with Crippen LogP contribution in [0.2, 0.25) is 0 Å². The van der Waals surface area contributed by atoms with Crippen molar-refractivity contribution in [2.24, 2.45) is 0 Å². The standard InChI is InChI=1S/3C8H8O6S2.2K.Li.3H/c3*9-15(10,11)8(16(12,13)14)6-7-4-2-1-3-5-7;;;;;;/h3*1-6H,(H,9,10,11)(H,12,13,14);;;;;;. The predicted octanol–water partition coefficient (Wildman–Crippen LogP) is 0.336. The van der Waals surface area contributed by atoms with Crippen LogP contribution in [0.25, 0.3) is 18.2 Å². The first-order chi connectivity index (χ1) is 21.6. The van der Waals surface area contributed by atoms with E-state index in [-0.39, 0.29) is 138 Å². The van der Waals surface area contributed by atoms with Crippen molar-refractivity contribution in [3.63, 3.8) is 0 Å². The average molecular weight is 881 g/mol. The summed E-state index contributed by atoms with van der Waals surface area (Å²) in [5.41, 5.74) is 0.647. The van der Waals surface area contributed by atoms with Gasteiger partial charge in [-0.25, -0.2) is 0 Å². The molecule has 0 amide bonds. The maximum atomic E-state index is 10.7. The van der Waals surface area contributed by atoms with Crippen LogP contribution in [0.15, 0.2) is 104 Å². The molecule has 18 nitrogen and oxygen atoms in total. The monoisotopic (exact) mass is 880 g/mol. The summed E-state index contributed by atoms with van der Waals surface area (Å²) in [4.78, 5) is 0. The number of hydrogen-bond donors (Lipinski definition) is 6. The van der Waals surface area contributed by atoms with Crippen LogP contribution in [-0.2, 0) is 60.7 Å². The molecule has 0 fully saturated rings. The van der Waals surface area contributed by atoms with Gasteiger partial charge in [0.25, 0.3) is 0 Å². The van der Waals surface area contributed by atoms with Crippen molar-refractivity contribution in [3.05, 3.63) is 120 Å². The summed E-state index contributed by atoms with van der Waals surface area (Å²) >= 11 is 0. The molecule has 0 saturated carbocycles. The first-order valence-corrected chi connectivity index (χ1v) is 20.4. The van der Waals surface area contributed by atoms with Crippen LogP contribution in [0.3, 0.4) is 0 Å². The van der Waals surface area contributed by atoms with Crippen molar-refractivity contribution in [1.29, 1.82) is 0 Å². The van der Waals surface area contributed by atoms with Gasteiger partial charge in [-0.05, 0) is 34.9 Å². The van der Waals surface area contributed by atoms with E-state index in [1.54, 1.807) is 18.2 Å². The third-order valence-electron chi connectivity index (χ3n) is 4.78. The van der Waals surface area contributed by atoms with Gasteiger partial charge in [-0.15, -0.1) is 0 Å². The Bertz CT molecular complexity index is 1980. The van der Waals surface area contributed by atoms with Crippen molar-refractivity contribution < 1.29 is 77.8 Å². The van der Waals surface area contributed by atoms with E-state index in [9.17, 15) is 50.5 Å². The molecule has 3 rings (SSSR count). The molecule has 6 N–H and O–H groups in total. The summed E-state index contributed by atoms with van der Waals surface area (Å²) in [6.45, 7) is 0. The molecule has 0 heterocycles. The molecule has 0 aliphatic heterocycles. The first-order valence-electron chi connectivity index (χ1n) is 11.8. The fourth-order valence-electron chi connectivity index (χ4n) is 2.90. The van der Waals surface area contributed by atoms with Gasteiger partial charge in [0.1, 0.15) is 0 Å². The summed E-state index contributed by atoms with van der Waals surface area (Å²) in [7, 11) is -30.0. The predicted molar refractivity (Wildman–Crippen MR) is 194 cm³/mol. The molecular formula is C24H27K2LiO18S6.